The fourth-order valence-corrected chi connectivity index (χ4v) is 2.73. The van der Waals surface area contributed by atoms with Crippen LogP contribution in [0, 0.1) is 11.8 Å². The smallest absolute Gasteiger partial charge is 0.0719 e. The second-order valence-electron chi connectivity index (χ2n) is 6.05. The molecule has 2 aliphatic carbocycles. The van der Waals surface area contributed by atoms with Gasteiger partial charge >= 0.3 is 0 Å². The monoisotopic (exact) mass is 278 g/mol. The molecule has 2 unspecified atom stereocenters. The van der Waals surface area contributed by atoms with E-state index in [-0.39, 0.29) is 0 Å². The first-order valence-electron chi connectivity index (χ1n) is 7.71. The van der Waals surface area contributed by atoms with Gasteiger partial charge in [-0.3, -0.25) is 5.10 Å². The van der Waals surface area contributed by atoms with E-state index in [2.05, 4.69) is 72.7 Å². The highest BCUT2D eigenvalue weighted by molar-refractivity contribution is 5.78. The summed E-state index contributed by atoms with van der Waals surface area (Å²) in [6.07, 6.45) is 22.0. The van der Waals surface area contributed by atoms with Crippen LogP contribution in [0.3, 0.4) is 0 Å². The third-order valence-corrected chi connectivity index (χ3v) is 4.02. The Labute approximate surface area is 126 Å². The molecular weight excluding hydrogens is 256 g/mol. The Morgan fingerprint density at radius 1 is 1.14 bits per heavy atom. The zero-order chi connectivity index (χ0) is 14.7. The molecule has 1 aromatic rings. The number of aromatic amines is 1. The van der Waals surface area contributed by atoms with Crippen LogP contribution >= 0.6 is 0 Å². The van der Waals surface area contributed by atoms with Crippen molar-refractivity contribution in [1.29, 1.82) is 0 Å². The van der Waals surface area contributed by atoms with Crippen LogP contribution < -0.4 is 0 Å². The lowest BCUT2D eigenvalue weighted by molar-refractivity contribution is 0.732. The average molecular weight is 278 g/mol. The van der Waals surface area contributed by atoms with Gasteiger partial charge in [-0.15, -0.1) is 0 Å². The minimum absolute atomic E-state index is 0.629. The lowest BCUT2D eigenvalue weighted by Crippen LogP contribution is -1.96. The Hall–Kier alpha value is -2.09. The molecule has 0 saturated carbocycles. The number of rotatable bonds is 3. The van der Waals surface area contributed by atoms with Crippen LogP contribution in [0.25, 0.3) is 11.6 Å². The van der Waals surface area contributed by atoms with Gasteiger partial charge in [-0.25, -0.2) is 0 Å². The maximum Gasteiger partial charge on any atom is 0.0719 e. The van der Waals surface area contributed by atoms with E-state index in [1.807, 2.05) is 6.20 Å². The molecule has 2 aliphatic rings. The predicted octanol–water partition coefficient (Wildman–Crippen LogP) is 4.92. The zero-order valence-electron chi connectivity index (χ0n) is 12.7. The van der Waals surface area contributed by atoms with Crippen molar-refractivity contribution in [3.63, 3.8) is 0 Å². The van der Waals surface area contributed by atoms with Gasteiger partial charge in [0.15, 0.2) is 0 Å². The highest BCUT2D eigenvalue weighted by atomic mass is 15.1. The Balaban J connectivity index is 1.80. The molecule has 0 saturated heterocycles. The lowest BCUT2D eigenvalue weighted by Gasteiger charge is -2.11. The summed E-state index contributed by atoms with van der Waals surface area (Å²) in [5.41, 5.74) is 4.78. The number of hydrogen-bond acceptors (Lipinski definition) is 1. The van der Waals surface area contributed by atoms with E-state index in [1.54, 1.807) is 0 Å². The number of hydrogen-bond donors (Lipinski definition) is 1. The zero-order valence-corrected chi connectivity index (χ0v) is 12.7. The second-order valence-corrected chi connectivity index (χ2v) is 6.05. The van der Waals surface area contributed by atoms with Crippen LogP contribution in [0.1, 0.15) is 37.9 Å². The Morgan fingerprint density at radius 2 is 2.05 bits per heavy atom. The topological polar surface area (TPSA) is 28.7 Å². The van der Waals surface area contributed by atoms with Gasteiger partial charge in [0.05, 0.1) is 11.9 Å². The molecular formula is C19H22N2. The van der Waals surface area contributed by atoms with E-state index in [9.17, 15) is 0 Å². The second kappa shape index (κ2) is 6.13. The molecule has 2 nitrogen and oxygen atoms in total. The summed E-state index contributed by atoms with van der Waals surface area (Å²) in [6.45, 7) is 4.49. The number of nitrogens with zero attached hydrogens (tertiary/aromatic N) is 1. The standard InChI is InChI=1S/C19H22N2/c1-14-6-9-17(10-7-14)19-18(13-20-21-19)11-8-16-5-3-4-15(2)12-16/h3,5-6,8-15H,4,7H2,1-2H3,(H,20,21)/b11-8+. The van der Waals surface area contributed by atoms with Crippen molar-refractivity contribution in [2.45, 2.75) is 26.7 Å². The van der Waals surface area contributed by atoms with Gasteiger partial charge in [-0.2, -0.15) is 5.10 Å². The Morgan fingerprint density at radius 3 is 2.81 bits per heavy atom. The van der Waals surface area contributed by atoms with Crippen LogP contribution in [0.2, 0.25) is 0 Å². The Bertz CT molecular complexity index is 653. The van der Waals surface area contributed by atoms with E-state index in [4.69, 9.17) is 0 Å². The van der Waals surface area contributed by atoms with Gasteiger partial charge in [0.2, 0.25) is 0 Å². The van der Waals surface area contributed by atoms with Gasteiger partial charge in [-0.05, 0) is 35.8 Å². The van der Waals surface area contributed by atoms with E-state index in [1.165, 1.54) is 11.1 Å². The van der Waals surface area contributed by atoms with Crippen molar-refractivity contribution >= 4 is 11.6 Å². The summed E-state index contributed by atoms with van der Waals surface area (Å²) in [5, 5.41) is 7.34. The normalized spacial score (nSPS) is 25.2. The molecule has 2 atom stereocenters. The Kier molecular flexibility index (Phi) is 4.05. The number of H-pyrrole nitrogens is 1. The van der Waals surface area contributed by atoms with E-state index in [0.29, 0.717) is 11.8 Å². The molecule has 108 valence electrons. The van der Waals surface area contributed by atoms with E-state index < -0.39 is 0 Å². The summed E-state index contributed by atoms with van der Waals surface area (Å²) in [4.78, 5) is 0. The van der Waals surface area contributed by atoms with Crippen molar-refractivity contribution in [1.82, 2.24) is 10.2 Å². The first kappa shape index (κ1) is 13.9. The molecule has 0 aliphatic heterocycles. The fourth-order valence-electron chi connectivity index (χ4n) is 2.73. The van der Waals surface area contributed by atoms with Crippen molar-refractivity contribution < 1.29 is 0 Å². The molecule has 0 spiro atoms. The van der Waals surface area contributed by atoms with E-state index in [0.717, 1.165) is 24.1 Å². The van der Waals surface area contributed by atoms with Crippen molar-refractivity contribution in [2.75, 3.05) is 0 Å². The number of aromatic nitrogens is 2. The minimum Gasteiger partial charge on any atom is -0.277 e. The van der Waals surface area contributed by atoms with E-state index >= 15 is 0 Å². The maximum atomic E-state index is 4.21. The number of nitrogens with one attached hydrogen (secondary N) is 1. The molecule has 0 radical (unpaired) electrons. The molecule has 0 fully saturated rings. The molecule has 3 rings (SSSR count). The van der Waals surface area contributed by atoms with Crippen LogP contribution in [-0.2, 0) is 0 Å². The van der Waals surface area contributed by atoms with Gasteiger partial charge in [-0.1, -0.05) is 62.5 Å². The summed E-state index contributed by atoms with van der Waals surface area (Å²) in [5.74, 6) is 1.26. The first-order chi connectivity index (χ1) is 10.2. The largest absolute Gasteiger partial charge is 0.277 e. The predicted molar refractivity (Wildman–Crippen MR) is 89.5 cm³/mol. The van der Waals surface area contributed by atoms with Crippen molar-refractivity contribution in [3.8, 4) is 0 Å². The van der Waals surface area contributed by atoms with Crippen molar-refractivity contribution in [2.24, 2.45) is 11.8 Å². The molecule has 0 amide bonds. The molecule has 1 heterocycles. The van der Waals surface area contributed by atoms with Crippen LogP contribution in [-0.4, -0.2) is 10.2 Å². The average Bonchev–Trinajstić information content (AvgIpc) is 2.94. The van der Waals surface area contributed by atoms with Gasteiger partial charge in [0.25, 0.3) is 0 Å². The van der Waals surface area contributed by atoms with Gasteiger partial charge < -0.3 is 0 Å². The molecule has 2 heteroatoms. The maximum absolute atomic E-state index is 4.21. The fraction of sp³-hybridized carbons (Fsp3) is 0.316. The summed E-state index contributed by atoms with van der Waals surface area (Å²) in [7, 11) is 0. The van der Waals surface area contributed by atoms with Gasteiger partial charge in [0, 0.05) is 5.56 Å². The SMILES string of the molecule is CC1C=CC(c2[nH]ncc2/C=C/C2=CC(C)CC=C2)=CC1. The summed E-state index contributed by atoms with van der Waals surface area (Å²) >= 11 is 0. The van der Waals surface area contributed by atoms with Crippen LogP contribution in [0.5, 0.6) is 0 Å². The number of allylic oxidation sites excluding steroid dienone is 9. The summed E-state index contributed by atoms with van der Waals surface area (Å²) in [6, 6.07) is 0. The third-order valence-electron chi connectivity index (χ3n) is 4.02. The van der Waals surface area contributed by atoms with Gasteiger partial charge in [0.1, 0.15) is 0 Å². The molecule has 21 heavy (non-hydrogen) atoms. The third kappa shape index (κ3) is 3.33. The molecule has 1 aromatic heterocycles. The quantitative estimate of drug-likeness (QED) is 0.834. The van der Waals surface area contributed by atoms with Crippen molar-refractivity contribution in [3.05, 3.63) is 65.6 Å². The molecule has 0 aromatic carbocycles. The molecule has 1 N–H and O–H groups in total. The highest BCUT2D eigenvalue weighted by Gasteiger charge is 2.10. The minimum atomic E-state index is 0.629. The molecule has 0 bridgehead atoms. The van der Waals surface area contributed by atoms with Crippen LogP contribution in [0.4, 0.5) is 0 Å². The first-order valence-corrected chi connectivity index (χ1v) is 7.71. The lowest BCUT2D eigenvalue weighted by atomic mass is 9.95. The van der Waals surface area contributed by atoms with Crippen LogP contribution in [0.15, 0.2) is 54.3 Å². The highest BCUT2D eigenvalue weighted by Crippen LogP contribution is 2.26. The summed E-state index contributed by atoms with van der Waals surface area (Å²) < 4.78 is 0.